The number of anilines is 1. The summed E-state index contributed by atoms with van der Waals surface area (Å²) in [5, 5.41) is 3.43. The third-order valence-electron chi connectivity index (χ3n) is 4.74. The molecule has 6 nitrogen and oxygen atoms in total. The number of aryl methyl sites for hydroxylation is 1. The van der Waals surface area contributed by atoms with E-state index >= 15 is 0 Å². The van der Waals surface area contributed by atoms with E-state index in [-0.39, 0.29) is 30.8 Å². The second-order valence-corrected chi connectivity index (χ2v) is 7.22. The largest absolute Gasteiger partial charge is 0.493 e. The van der Waals surface area contributed by atoms with Crippen LogP contribution in [0.2, 0.25) is 5.02 Å². The monoisotopic (exact) mass is 419 g/mol. The predicted molar refractivity (Wildman–Crippen MR) is 110 cm³/mol. The number of carbonyl (C=O) groups excluding carboxylic acids is 2. The summed E-state index contributed by atoms with van der Waals surface area (Å²) in [6, 6.07) is 10.8. The molecule has 0 aromatic heterocycles. The molecule has 8 heteroatoms. The number of piperazine rings is 1. The number of nitrogens with one attached hydrogen (secondary N) is 1. The van der Waals surface area contributed by atoms with E-state index in [1.165, 1.54) is 24.3 Å². The first-order valence-corrected chi connectivity index (χ1v) is 9.78. The molecular weight excluding hydrogens is 397 g/mol. The summed E-state index contributed by atoms with van der Waals surface area (Å²) in [5.41, 5.74) is 1.59. The average molecular weight is 420 g/mol. The molecule has 0 bridgehead atoms. The van der Waals surface area contributed by atoms with Gasteiger partial charge in [0.25, 0.3) is 0 Å². The van der Waals surface area contributed by atoms with Gasteiger partial charge in [0.1, 0.15) is 11.6 Å². The SMILES string of the molecule is Cc1ccc(NC(=O)N2CCN(C(=O)CCOc3ccc(F)cc3)CC2)cc1Cl. The molecule has 0 radical (unpaired) electrons. The van der Waals surface area contributed by atoms with Crippen molar-refractivity contribution in [1.29, 1.82) is 0 Å². The Kier molecular flexibility index (Phi) is 6.93. The number of urea groups is 1. The number of carbonyl (C=O) groups is 2. The number of ether oxygens (including phenoxy) is 1. The average Bonchev–Trinajstić information content (AvgIpc) is 2.72. The molecule has 1 fully saturated rings. The van der Waals surface area contributed by atoms with Gasteiger partial charge >= 0.3 is 6.03 Å². The van der Waals surface area contributed by atoms with Gasteiger partial charge < -0.3 is 19.9 Å². The molecule has 3 amide bonds. The molecule has 0 saturated carbocycles. The highest BCUT2D eigenvalue weighted by Gasteiger charge is 2.24. The van der Waals surface area contributed by atoms with E-state index in [2.05, 4.69) is 5.32 Å². The molecule has 1 saturated heterocycles. The van der Waals surface area contributed by atoms with Gasteiger partial charge in [-0.1, -0.05) is 17.7 Å². The van der Waals surface area contributed by atoms with Crippen molar-refractivity contribution in [3.8, 4) is 5.75 Å². The standard InChI is InChI=1S/C21H23ClFN3O3/c1-15-2-5-17(14-19(15)22)24-21(28)26-11-9-25(10-12-26)20(27)8-13-29-18-6-3-16(23)4-7-18/h2-7,14H,8-13H2,1H3,(H,24,28). The smallest absolute Gasteiger partial charge is 0.321 e. The maximum absolute atomic E-state index is 12.9. The van der Waals surface area contributed by atoms with Gasteiger partial charge in [0.2, 0.25) is 5.91 Å². The maximum Gasteiger partial charge on any atom is 0.321 e. The summed E-state index contributed by atoms with van der Waals surface area (Å²) in [6.45, 7) is 3.97. The topological polar surface area (TPSA) is 61.9 Å². The number of benzene rings is 2. The van der Waals surface area contributed by atoms with Crippen molar-refractivity contribution in [3.05, 3.63) is 58.9 Å². The van der Waals surface area contributed by atoms with E-state index < -0.39 is 0 Å². The fourth-order valence-electron chi connectivity index (χ4n) is 2.98. The van der Waals surface area contributed by atoms with Crippen molar-refractivity contribution in [2.75, 3.05) is 38.1 Å². The van der Waals surface area contributed by atoms with Gasteiger partial charge in [0, 0.05) is 36.9 Å². The van der Waals surface area contributed by atoms with Crippen molar-refractivity contribution in [2.45, 2.75) is 13.3 Å². The zero-order valence-corrected chi connectivity index (χ0v) is 16.9. The third-order valence-corrected chi connectivity index (χ3v) is 5.15. The van der Waals surface area contributed by atoms with Crippen LogP contribution in [-0.2, 0) is 4.79 Å². The van der Waals surface area contributed by atoms with E-state index in [1.54, 1.807) is 21.9 Å². The van der Waals surface area contributed by atoms with Crippen LogP contribution in [0.25, 0.3) is 0 Å². The lowest BCUT2D eigenvalue weighted by molar-refractivity contribution is -0.133. The van der Waals surface area contributed by atoms with Crippen LogP contribution in [-0.4, -0.2) is 54.5 Å². The summed E-state index contributed by atoms with van der Waals surface area (Å²) in [5.74, 6) is 0.162. The van der Waals surface area contributed by atoms with Crippen LogP contribution >= 0.6 is 11.6 Å². The van der Waals surface area contributed by atoms with Crippen LogP contribution in [0.1, 0.15) is 12.0 Å². The Morgan fingerprint density at radius 1 is 1.07 bits per heavy atom. The van der Waals surface area contributed by atoms with Crippen molar-refractivity contribution in [1.82, 2.24) is 9.80 Å². The lowest BCUT2D eigenvalue weighted by atomic mass is 10.2. The van der Waals surface area contributed by atoms with E-state index in [4.69, 9.17) is 16.3 Å². The van der Waals surface area contributed by atoms with E-state index in [0.717, 1.165) is 5.56 Å². The second-order valence-electron chi connectivity index (χ2n) is 6.81. The Bertz CT molecular complexity index is 868. The quantitative estimate of drug-likeness (QED) is 0.798. The number of halogens is 2. The van der Waals surface area contributed by atoms with Crippen LogP contribution < -0.4 is 10.1 Å². The van der Waals surface area contributed by atoms with Crippen molar-refractivity contribution in [3.63, 3.8) is 0 Å². The maximum atomic E-state index is 12.9. The number of amides is 3. The number of rotatable bonds is 5. The van der Waals surface area contributed by atoms with E-state index in [9.17, 15) is 14.0 Å². The molecule has 0 aliphatic carbocycles. The molecule has 0 unspecified atom stereocenters. The summed E-state index contributed by atoms with van der Waals surface area (Å²) < 4.78 is 18.3. The predicted octanol–water partition coefficient (Wildman–Crippen LogP) is 3.93. The van der Waals surface area contributed by atoms with Crippen LogP contribution in [0.4, 0.5) is 14.9 Å². The highest BCUT2D eigenvalue weighted by atomic mass is 35.5. The molecular formula is C21H23ClFN3O3. The van der Waals surface area contributed by atoms with Gasteiger partial charge in [-0.05, 0) is 48.9 Å². The molecule has 1 N–H and O–H groups in total. The molecule has 154 valence electrons. The van der Waals surface area contributed by atoms with Gasteiger partial charge in [-0.2, -0.15) is 0 Å². The molecule has 0 spiro atoms. The number of hydrogen-bond donors (Lipinski definition) is 1. The van der Waals surface area contributed by atoms with Gasteiger partial charge in [0.15, 0.2) is 0 Å². The second kappa shape index (κ2) is 9.60. The van der Waals surface area contributed by atoms with Crippen LogP contribution in [0.15, 0.2) is 42.5 Å². The molecule has 1 aliphatic rings. The molecule has 29 heavy (non-hydrogen) atoms. The van der Waals surface area contributed by atoms with Crippen LogP contribution in [0, 0.1) is 12.7 Å². The summed E-state index contributed by atoms with van der Waals surface area (Å²) in [4.78, 5) is 28.1. The number of hydrogen-bond acceptors (Lipinski definition) is 3. The van der Waals surface area contributed by atoms with Gasteiger partial charge in [-0.25, -0.2) is 9.18 Å². The fourth-order valence-corrected chi connectivity index (χ4v) is 3.16. The van der Waals surface area contributed by atoms with Crippen molar-refractivity contribution < 1.29 is 18.7 Å². The Hall–Kier alpha value is -2.80. The van der Waals surface area contributed by atoms with Crippen LogP contribution in [0.5, 0.6) is 5.75 Å². The summed E-state index contributed by atoms with van der Waals surface area (Å²) >= 11 is 6.09. The first kappa shape index (κ1) is 20.9. The van der Waals surface area contributed by atoms with Gasteiger partial charge in [-0.3, -0.25) is 4.79 Å². The Labute approximate surface area is 174 Å². The zero-order valence-electron chi connectivity index (χ0n) is 16.2. The van der Waals surface area contributed by atoms with Crippen molar-refractivity contribution in [2.24, 2.45) is 0 Å². The lowest BCUT2D eigenvalue weighted by Crippen LogP contribution is -2.51. The minimum absolute atomic E-state index is 0.0301. The summed E-state index contributed by atoms with van der Waals surface area (Å²) in [6.07, 6.45) is 0.228. The van der Waals surface area contributed by atoms with Gasteiger partial charge in [-0.15, -0.1) is 0 Å². The Morgan fingerprint density at radius 3 is 2.38 bits per heavy atom. The molecule has 1 aliphatic heterocycles. The molecule has 2 aromatic rings. The minimum atomic E-state index is -0.333. The molecule has 2 aromatic carbocycles. The fraction of sp³-hybridized carbons (Fsp3) is 0.333. The van der Waals surface area contributed by atoms with E-state index in [0.29, 0.717) is 42.6 Å². The molecule has 0 atom stereocenters. The zero-order chi connectivity index (χ0) is 20.8. The number of nitrogens with zero attached hydrogens (tertiary/aromatic N) is 2. The Balaban J connectivity index is 1.40. The molecule has 3 rings (SSSR count). The lowest BCUT2D eigenvalue weighted by Gasteiger charge is -2.34. The highest BCUT2D eigenvalue weighted by molar-refractivity contribution is 6.31. The highest BCUT2D eigenvalue weighted by Crippen LogP contribution is 2.20. The molecule has 1 heterocycles. The first-order chi connectivity index (χ1) is 13.9. The Morgan fingerprint density at radius 2 is 1.72 bits per heavy atom. The minimum Gasteiger partial charge on any atom is -0.493 e. The normalized spacial score (nSPS) is 13.9. The van der Waals surface area contributed by atoms with Gasteiger partial charge in [0.05, 0.1) is 13.0 Å². The van der Waals surface area contributed by atoms with Crippen LogP contribution in [0.3, 0.4) is 0 Å². The van der Waals surface area contributed by atoms with E-state index in [1.807, 2.05) is 13.0 Å². The summed E-state index contributed by atoms with van der Waals surface area (Å²) in [7, 11) is 0. The first-order valence-electron chi connectivity index (χ1n) is 9.40. The third kappa shape index (κ3) is 5.84. The van der Waals surface area contributed by atoms with Crippen molar-refractivity contribution >= 4 is 29.2 Å².